The van der Waals surface area contributed by atoms with E-state index in [0.717, 1.165) is 24.2 Å². The molecule has 1 aliphatic rings. The average molecular weight is 402 g/mol. The monoisotopic (exact) mass is 402 g/mol. The lowest BCUT2D eigenvalue weighted by atomic mass is 10.2. The quantitative estimate of drug-likeness (QED) is 0.664. The summed E-state index contributed by atoms with van der Waals surface area (Å²) < 4.78 is 2.22. The summed E-state index contributed by atoms with van der Waals surface area (Å²) in [5.74, 6) is -0.319. The van der Waals surface area contributed by atoms with Gasteiger partial charge in [-0.1, -0.05) is 24.3 Å². The first-order valence-electron chi connectivity index (χ1n) is 9.33. The Morgan fingerprint density at radius 3 is 2.48 bits per heavy atom. The number of carbonyl (C=O) groups excluding carboxylic acids is 1. The second kappa shape index (κ2) is 8.25. The van der Waals surface area contributed by atoms with Crippen LogP contribution in [0.15, 0.2) is 59.5 Å². The summed E-state index contributed by atoms with van der Waals surface area (Å²) in [6, 6.07) is 16.6. The zero-order chi connectivity index (χ0) is 20.2. The number of benzene rings is 1. The smallest absolute Gasteiger partial charge is 0.273 e. The van der Waals surface area contributed by atoms with Crippen LogP contribution in [0.1, 0.15) is 18.5 Å². The highest BCUT2D eigenvalue weighted by Crippen LogP contribution is 2.12. The van der Waals surface area contributed by atoms with Crippen molar-refractivity contribution in [3.05, 3.63) is 80.0 Å². The van der Waals surface area contributed by atoms with Gasteiger partial charge in [0, 0.05) is 19.3 Å². The van der Waals surface area contributed by atoms with E-state index >= 15 is 0 Å². The molecule has 7 heteroatoms. The number of hydrogen-bond donors (Lipinski definition) is 0. The van der Waals surface area contributed by atoms with Crippen LogP contribution < -0.4 is 14.8 Å². The molecule has 0 spiro atoms. The predicted molar refractivity (Wildman–Crippen MR) is 112 cm³/mol. The molecule has 144 valence electrons. The van der Waals surface area contributed by atoms with Crippen LogP contribution in [0.25, 0.3) is 17.3 Å². The van der Waals surface area contributed by atoms with Crippen LogP contribution in [-0.2, 0) is 4.79 Å². The van der Waals surface area contributed by atoms with Crippen molar-refractivity contribution in [2.45, 2.75) is 12.8 Å². The summed E-state index contributed by atoms with van der Waals surface area (Å²) in [5, 5.41) is 9.81. The zero-order valence-corrected chi connectivity index (χ0v) is 16.4. The largest absolute Gasteiger partial charge is 0.338 e. The summed E-state index contributed by atoms with van der Waals surface area (Å²) in [6.45, 7) is 1.27. The first-order valence-corrected chi connectivity index (χ1v) is 10.1. The number of hydrogen-bond acceptors (Lipinski definition) is 5. The fraction of sp³-hybridized carbons (Fsp3) is 0.182. The number of nitriles is 1. The Bertz CT molecular complexity index is 1250. The molecule has 0 aliphatic carbocycles. The lowest BCUT2D eigenvalue weighted by Gasteiger charge is -2.14. The average Bonchev–Trinajstić information content (AvgIpc) is 3.39. The van der Waals surface area contributed by atoms with Crippen molar-refractivity contribution in [1.82, 2.24) is 14.5 Å². The molecular weight excluding hydrogens is 384 g/mol. The van der Waals surface area contributed by atoms with Crippen molar-refractivity contribution < 1.29 is 4.79 Å². The Morgan fingerprint density at radius 1 is 1.10 bits per heavy atom. The van der Waals surface area contributed by atoms with Gasteiger partial charge in [-0.3, -0.25) is 19.1 Å². The van der Waals surface area contributed by atoms with Crippen molar-refractivity contribution in [2.75, 3.05) is 13.1 Å². The van der Waals surface area contributed by atoms with Gasteiger partial charge in [-0.05, 0) is 43.2 Å². The Hall–Kier alpha value is -3.50. The molecule has 3 heterocycles. The maximum absolute atomic E-state index is 13.2. The number of amides is 1. The van der Waals surface area contributed by atoms with Crippen LogP contribution in [0.3, 0.4) is 0 Å². The molecule has 0 N–H and O–H groups in total. The van der Waals surface area contributed by atoms with Gasteiger partial charge < -0.3 is 4.90 Å². The first-order chi connectivity index (χ1) is 14.2. The van der Waals surface area contributed by atoms with E-state index in [4.69, 9.17) is 0 Å². The van der Waals surface area contributed by atoms with Crippen LogP contribution in [0, 0.1) is 11.3 Å². The van der Waals surface area contributed by atoms with Gasteiger partial charge >= 0.3 is 0 Å². The minimum Gasteiger partial charge on any atom is -0.338 e. The van der Waals surface area contributed by atoms with Crippen molar-refractivity contribution in [1.29, 1.82) is 5.26 Å². The van der Waals surface area contributed by atoms with Crippen LogP contribution >= 0.6 is 11.3 Å². The molecule has 29 heavy (non-hydrogen) atoms. The Kier molecular flexibility index (Phi) is 5.36. The highest BCUT2D eigenvalue weighted by Gasteiger charge is 2.24. The number of likely N-dealkylation sites (tertiary alicyclic amines) is 1. The van der Waals surface area contributed by atoms with Gasteiger partial charge in [0.25, 0.3) is 11.5 Å². The van der Waals surface area contributed by atoms with E-state index in [2.05, 4.69) is 11.1 Å². The fourth-order valence-electron chi connectivity index (χ4n) is 3.32. The van der Waals surface area contributed by atoms with Crippen LogP contribution in [-0.4, -0.2) is 33.4 Å². The van der Waals surface area contributed by atoms with Gasteiger partial charge in [0.15, 0.2) is 5.57 Å². The number of thiazole rings is 1. The maximum atomic E-state index is 13.2. The fourth-order valence-corrected chi connectivity index (χ4v) is 4.40. The lowest BCUT2D eigenvalue weighted by Crippen LogP contribution is -2.35. The lowest BCUT2D eigenvalue weighted by molar-refractivity contribution is -0.123. The third-order valence-electron chi connectivity index (χ3n) is 4.74. The van der Waals surface area contributed by atoms with Gasteiger partial charge in [0.1, 0.15) is 10.7 Å². The van der Waals surface area contributed by atoms with Crippen molar-refractivity contribution in [2.24, 2.45) is 0 Å². The summed E-state index contributed by atoms with van der Waals surface area (Å²) in [6.07, 6.45) is 5.20. The van der Waals surface area contributed by atoms with Gasteiger partial charge in [-0.2, -0.15) is 5.26 Å². The first kappa shape index (κ1) is 18.8. The molecule has 1 saturated heterocycles. The van der Waals surface area contributed by atoms with Crippen molar-refractivity contribution in [3.8, 4) is 11.8 Å². The van der Waals surface area contributed by atoms with E-state index in [1.807, 2.05) is 24.3 Å². The van der Waals surface area contributed by atoms with E-state index in [-0.39, 0.29) is 17.0 Å². The molecule has 6 nitrogen and oxygen atoms in total. The molecule has 0 unspecified atom stereocenters. The second-order valence-electron chi connectivity index (χ2n) is 6.63. The number of carbonyl (C=O) groups is 1. The normalized spacial score (nSPS) is 15.3. The topological polar surface area (TPSA) is 79.0 Å². The van der Waals surface area contributed by atoms with E-state index in [0.29, 0.717) is 33.7 Å². The molecular formula is C22H18N4O2S. The molecule has 0 saturated carbocycles. The highest BCUT2D eigenvalue weighted by molar-refractivity contribution is 7.07. The number of rotatable bonds is 3. The third kappa shape index (κ3) is 3.75. The Balaban J connectivity index is 2.01. The minimum absolute atomic E-state index is 0.00137. The van der Waals surface area contributed by atoms with E-state index in [1.165, 1.54) is 4.57 Å². The highest BCUT2D eigenvalue weighted by atomic mass is 32.1. The molecule has 4 rings (SSSR count). The standard InChI is InChI=1S/C22H18N4O2S/c23-15-18(20(27)25-12-6-7-13-25)22-26(17-9-2-1-3-10-17)21(28)19(29-22)14-16-8-4-5-11-24-16/h1-5,8-11,14H,6-7,12-13H2/b19-14-,22-18+. The molecule has 1 amide bonds. The summed E-state index contributed by atoms with van der Waals surface area (Å²) in [7, 11) is 0. The summed E-state index contributed by atoms with van der Waals surface area (Å²) in [5.41, 5.74) is 0.982. The Labute approximate surface area is 171 Å². The predicted octanol–water partition coefficient (Wildman–Crippen LogP) is 1.42. The summed E-state index contributed by atoms with van der Waals surface area (Å²) in [4.78, 5) is 32.1. The van der Waals surface area contributed by atoms with Crippen molar-refractivity contribution in [3.63, 3.8) is 0 Å². The third-order valence-corrected chi connectivity index (χ3v) is 5.83. The van der Waals surface area contributed by atoms with Gasteiger partial charge in [-0.25, -0.2) is 0 Å². The van der Waals surface area contributed by atoms with E-state index in [9.17, 15) is 14.9 Å². The van der Waals surface area contributed by atoms with Crippen LogP contribution in [0.4, 0.5) is 0 Å². The molecule has 3 aromatic rings. The molecule has 0 bridgehead atoms. The van der Waals surface area contributed by atoms with Gasteiger partial charge in [-0.15, -0.1) is 11.3 Å². The van der Waals surface area contributed by atoms with Crippen LogP contribution in [0.5, 0.6) is 0 Å². The number of nitrogens with zero attached hydrogens (tertiary/aromatic N) is 4. The molecule has 1 aromatic carbocycles. The number of pyridine rings is 1. The molecule has 0 radical (unpaired) electrons. The van der Waals surface area contributed by atoms with Crippen molar-refractivity contribution >= 4 is 28.9 Å². The number of para-hydroxylation sites is 1. The summed E-state index contributed by atoms with van der Waals surface area (Å²) >= 11 is 1.14. The molecule has 0 atom stereocenters. The second-order valence-corrected chi connectivity index (χ2v) is 7.66. The van der Waals surface area contributed by atoms with Gasteiger partial charge in [0.2, 0.25) is 0 Å². The van der Waals surface area contributed by atoms with E-state index < -0.39 is 0 Å². The number of aromatic nitrogens is 2. The van der Waals surface area contributed by atoms with E-state index in [1.54, 1.807) is 41.4 Å². The maximum Gasteiger partial charge on any atom is 0.273 e. The SMILES string of the molecule is N#C/C(C(=O)N1CCCC1)=c1\s/c(=C\c2ccccn2)c(=O)n1-c1ccccc1. The molecule has 1 aliphatic heterocycles. The van der Waals surface area contributed by atoms with Gasteiger partial charge in [0.05, 0.1) is 15.9 Å². The van der Waals surface area contributed by atoms with Crippen LogP contribution in [0.2, 0.25) is 0 Å². The Morgan fingerprint density at radius 2 is 1.83 bits per heavy atom. The minimum atomic E-state index is -0.319. The zero-order valence-electron chi connectivity index (χ0n) is 15.6. The molecule has 1 fully saturated rings. The molecule has 2 aromatic heterocycles.